The summed E-state index contributed by atoms with van der Waals surface area (Å²) >= 11 is 0. The number of rotatable bonds is 4. The summed E-state index contributed by atoms with van der Waals surface area (Å²) in [7, 11) is 1.86. The van der Waals surface area contributed by atoms with Crippen molar-refractivity contribution in [1.82, 2.24) is 5.32 Å². The van der Waals surface area contributed by atoms with Gasteiger partial charge in [-0.3, -0.25) is 4.79 Å². The highest BCUT2D eigenvalue weighted by atomic mass is 16.3. The number of carbonyl (C=O) groups is 1. The monoisotopic (exact) mass is 208 g/mol. The highest BCUT2D eigenvalue weighted by molar-refractivity contribution is 5.91. The van der Waals surface area contributed by atoms with Crippen LogP contribution >= 0.6 is 0 Å². The predicted octanol–water partition coefficient (Wildman–Crippen LogP) is 1.11. The molecule has 82 valence electrons. The van der Waals surface area contributed by atoms with E-state index in [1.807, 2.05) is 13.1 Å². The van der Waals surface area contributed by atoms with E-state index in [0.29, 0.717) is 5.69 Å². The van der Waals surface area contributed by atoms with E-state index in [1.165, 1.54) is 6.92 Å². The van der Waals surface area contributed by atoms with Gasteiger partial charge in [0.25, 0.3) is 0 Å². The summed E-state index contributed by atoms with van der Waals surface area (Å²) < 4.78 is 0. The number of phenols is 1. The summed E-state index contributed by atoms with van der Waals surface area (Å²) in [6, 6.07) is 5.22. The summed E-state index contributed by atoms with van der Waals surface area (Å²) in [5.41, 5.74) is 1.44. The largest absolute Gasteiger partial charge is 0.506 e. The number of benzene rings is 1. The number of para-hydroxylation sites is 1. The van der Waals surface area contributed by atoms with Crippen LogP contribution < -0.4 is 10.6 Å². The minimum atomic E-state index is -0.179. The van der Waals surface area contributed by atoms with Crippen LogP contribution in [0, 0.1) is 0 Å². The zero-order valence-electron chi connectivity index (χ0n) is 9.00. The third-order valence-electron chi connectivity index (χ3n) is 2.07. The molecule has 1 aromatic rings. The number of amides is 1. The number of anilines is 1. The molecule has 0 radical (unpaired) electrons. The topological polar surface area (TPSA) is 61.4 Å². The van der Waals surface area contributed by atoms with E-state index in [2.05, 4.69) is 10.6 Å². The molecule has 1 amide bonds. The van der Waals surface area contributed by atoms with Gasteiger partial charge in [-0.2, -0.15) is 0 Å². The maximum absolute atomic E-state index is 11.0. The molecule has 0 unspecified atom stereocenters. The van der Waals surface area contributed by atoms with Gasteiger partial charge in [0.15, 0.2) is 0 Å². The van der Waals surface area contributed by atoms with Crippen LogP contribution in [0.15, 0.2) is 18.2 Å². The Hall–Kier alpha value is -1.55. The van der Waals surface area contributed by atoms with E-state index < -0.39 is 0 Å². The molecule has 0 aliphatic rings. The third kappa shape index (κ3) is 3.25. The molecule has 4 heteroatoms. The van der Waals surface area contributed by atoms with Crippen LogP contribution in [0.4, 0.5) is 5.69 Å². The van der Waals surface area contributed by atoms with E-state index >= 15 is 0 Å². The Morgan fingerprint density at radius 2 is 2.20 bits per heavy atom. The molecule has 0 heterocycles. The van der Waals surface area contributed by atoms with E-state index in [0.717, 1.165) is 18.5 Å². The molecule has 4 nitrogen and oxygen atoms in total. The first-order chi connectivity index (χ1) is 7.15. The van der Waals surface area contributed by atoms with Crippen molar-refractivity contribution < 1.29 is 9.90 Å². The molecule has 0 atom stereocenters. The van der Waals surface area contributed by atoms with Gasteiger partial charge in [0.05, 0.1) is 5.69 Å². The lowest BCUT2D eigenvalue weighted by molar-refractivity contribution is -0.114. The second-order valence-corrected chi connectivity index (χ2v) is 3.35. The highest BCUT2D eigenvalue weighted by Crippen LogP contribution is 2.27. The molecule has 0 spiro atoms. The quantitative estimate of drug-likeness (QED) is 0.650. The Morgan fingerprint density at radius 3 is 2.80 bits per heavy atom. The zero-order valence-corrected chi connectivity index (χ0v) is 9.00. The van der Waals surface area contributed by atoms with Crippen LogP contribution in [-0.4, -0.2) is 24.6 Å². The van der Waals surface area contributed by atoms with Crippen LogP contribution in [-0.2, 0) is 11.2 Å². The Morgan fingerprint density at radius 1 is 1.47 bits per heavy atom. The Balaban J connectivity index is 2.92. The maximum Gasteiger partial charge on any atom is 0.221 e. The molecule has 15 heavy (non-hydrogen) atoms. The van der Waals surface area contributed by atoms with Gasteiger partial charge >= 0.3 is 0 Å². The van der Waals surface area contributed by atoms with Crippen molar-refractivity contribution in [2.45, 2.75) is 13.3 Å². The zero-order chi connectivity index (χ0) is 11.3. The van der Waals surface area contributed by atoms with Crippen LogP contribution in [0.1, 0.15) is 12.5 Å². The first-order valence-electron chi connectivity index (χ1n) is 4.88. The molecular weight excluding hydrogens is 192 g/mol. The second kappa shape index (κ2) is 5.36. The smallest absolute Gasteiger partial charge is 0.221 e. The maximum atomic E-state index is 11.0. The van der Waals surface area contributed by atoms with Crippen LogP contribution in [0.25, 0.3) is 0 Å². The summed E-state index contributed by atoms with van der Waals surface area (Å²) in [5, 5.41) is 15.3. The van der Waals surface area contributed by atoms with Gasteiger partial charge in [-0.25, -0.2) is 0 Å². The third-order valence-corrected chi connectivity index (χ3v) is 2.07. The van der Waals surface area contributed by atoms with Crippen molar-refractivity contribution in [3.05, 3.63) is 23.8 Å². The first-order valence-corrected chi connectivity index (χ1v) is 4.88. The Kier molecular flexibility index (Phi) is 4.12. The van der Waals surface area contributed by atoms with E-state index in [-0.39, 0.29) is 11.7 Å². The van der Waals surface area contributed by atoms with E-state index in [1.54, 1.807) is 12.1 Å². The molecule has 0 bridgehead atoms. The average Bonchev–Trinajstić information content (AvgIpc) is 2.18. The minimum absolute atomic E-state index is 0.110. The number of phenolic OH excluding ortho intramolecular Hbond substituents is 1. The van der Waals surface area contributed by atoms with Crippen molar-refractivity contribution in [2.75, 3.05) is 18.9 Å². The molecule has 0 saturated carbocycles. The van der Waals surface area contributed by atoms with E-state index in [9.17, 15) is 9.90 Å². The van der Waals surface area contributed by atoms with Crippen molar-refractivity contribution >= 4 is 11.6 Å². The number of nitrogens with one attached hydrogen (secondary N) is 2. The first kappa shape index (κ1) is 11.5. The lowest BCUT2D eigenvalue weighted by atomic mass is 10.1. The van der Waals surface area contributed by atoms with Gasteiger partial charge in [-0.1, -0.05) is 12.1 Å². The molecule has 1 rings (SSSR count). The van der Waals surface area contributed by atoms with Crippen molar-refractivity contribution in [2.24, 2.45) is 0 Å². The van der Waals surface area contributed by atoms with Crippen LogP contribution in [0.3, 0.4) is 0 Å². The highest BCUT2D eigenvalue weighted by Gasteiger charge is 2.08. The van der Waals surface area contributed by atoms with Gasteiger partial charge in [0.1, 0.15) is 5.75 Å². The predicted molar refractivity (Wildman–Crippen MR) is 60.0 cm³/mol. The van der Waals surface area contributed by atoms with E-state index in [4.69, 9.17) is 0 Å². The Labute approximate surface area is 89.3 Å². The fraction of sp³-hybridized carbons (Fsp3) is 0.364. The standard InChI is InChI=1S/C11H16N2O2/c1-8(14)13-11-9(6-7-12-2)4-3-5-10(11)15/h3-5,12,15H,6-7H2,1-2H3,(H,13,14). The molecule has 0 fully saturated rings. The summed E-state index contributed by atoms with van der Waals surface area (Å²) in [6.07, 6.45) is 0.764. The number of hydrogen-bond acceptors (Lipinski definition) is 3. The molecule has 3 N–H and O–H groups in total. The molecule has 0 aliphatic heterocycles. The molecule has 1 aromatic carbocycles. The summed E-state index contributed by atoms with van der Waals surface area (Å²) in [6.45, 7) is 2.23. The van der Waals surface area contributed by atoms with Crippen LogP contribution in [0.2, 0.25) is 0 Å². The lowest BCUT2D eigenvalue weighted by Crippen LogP contribution is -2.13. The van der Waals surface area contributed by atoms with Crippen molar-refractivity contribution in [3.8, 4) is 5.75 Å². The number of likely N-dealkylation sites (N-methyl/N-ethyl adjacent to an activating group) is 1. The van der Waals surface area contributed by atoms with Gasteiger partial charge < -0.3 is 15.7 Å². The Bertz CT molecular complexity index is 350. The number of aromatic hydroxyl groups is 1. The summed E-state index contributed by atoms with van der Waals surface area (Å²) in [4.78, 5) is 11.0. The lowest BCUT2D eigenvalue weighted by Gasteiger charge is -2.11. The van der Waals surface area contributed by atoms with Gasteiger partial charge in [0.2, 0.25) is 5.91 Å². The fourth-order valence-corrected chi connectivity index (χ4v) is 1.37. The normalized spacial score (nSPS) is 10.0. The molecule has 0 saturated heterocycles. The fourth-order valence-electron chi connectivity index (χ4n) is 1.37. The van der Waals surface area contributed by atoms with Crippen molar-refractivity contribution in [1.29, 1.82) is 0 Å². The number of carbonyl (C=O) groups excluding carboxylic acids is 1. The van der Waals surface area contributed by atoms with Gasteiger partial charge in [-0.05, 0) is 31.6 Å². The minimum Gasteiger partial charge on any atom is -0.506 e. The molecule has 0 aliphatic carbocycles. The summed E-state index contributed by atoms with van der Waals surface area (Å²) in [5.74, 6) is -0.0685. The molecular formula is C11H16N2O2. The SMILES string of the molecule is CNCCc1cccc(O)c1NC(C)=O. The van der Waals surface area contributed by atoms with Gasteiger partial charge in [0, 0.05) is 6.92 Å². The number of hydrogen-bond donors (Lipinski definition) is 3. The van der Waals surface area contributed by atoms with Gasteiger partial charge in [-0.15, -0.1) is 0 Å². The van der Waals surface area contributed by atoms with Crippen molar-refractivity contribution in [3.63, 3.8) is 0 Å². The second-order valence-electron chi connectivity index (χ2n) is 3.35. The average molecular weight is 208 g/mol. The molecule has 0 aromatic heterocycles. The van der Waals surface area contributed by atoms with Crippen LogP contribution in [0.5, 0.6) is 5.75 Å².